The molecule has 0 aliphatic heterocycles. The average molecular weight is 275 g/mol. The van der Waals surface area contributed by atoms with Crippen molar-refractivity contribution in [2.75, 3.05) is 5.32 Å². The molecule has 0 amide bonds. The Morgan fingerprint density at radius 1 is 0.857 bits per heavy atom. The molecular formula is C20H21N. The Balaban J connectivity index is 1.87. The zero-order valence-electron chi connectivity index (χ0n) is 12.6. The van der Waals surface area contributed by atoms with Crippen molar-refractivity contribution in [1.29, 1.82) is 0 Å². The first-order chi connectivity index (χ1) is 10.3. The van der Waals surface area contributed by atoms with E-state index in [4.69, 9.17) is 0 Å². The van der Waals surface area contributed by atoms with E-state index in [1.165, 1.54) is 27.6 Å². The standard InChI is InChI=1S/C20H21N/c1-3-16-11-13-17(14-12-16)15(2)21-20-10-6-8-18-7-4-5-9-19(18)20/h4-15,21H,3H2,1-2H3. The van der Waals surface area contributed by atoms with E-state index in [0.29, 0.717) is 6.04 Å². The third-order valence-electron chi connectivity index (χ3n) is 4.05. The van der Waals surface area contributed by atoms with Gasteiger partial charge in [0.1, 0.15) is 0 Å². The number of hydrogen-bond donors (Lipinski definition) is 1. The number of fused-ring (bicyclic) bond motifs is 1. The van der Waals surface area contributed by atoms with Crippen LogP contribution in [0.15, 0.2) is 66.7 Å². The van der Waals surface area contributed by atoms with E-state index in [9.17, 15) is 0 Å². The number of nitrogens with one attached hydrogen (secondary N) is 1. The molecule has 3 aromatic carbocycles. The first-order valence-corrected chi connectivity index (χ1v) is 7.61. The largest absolute Gasteiger partial charge is 0.378 e. The quantitative estimate of drug-likeness (QED) is 0.656. The summed E-state index contributed by atoms with van der Waals surface area (Å²) in [6.45, 7) is 4.40. The molecule has 0 fully saturated rings. The lowest BCUT2D eigenvalue weighted by atomic mass is 10.0. The normalized spacial score (nSPS) is 12.3. The SMILES string of the molecule is CCc1ccc(C(C)Nc2cccc3ccccc23)cc1. The number of benzene rings is 3. The van der Waals surface area contributed by atoms with Crippen molar-refractivity contribution < 1.29 is 0 Å². The van der Waals surface area contributed by atoms with Crippen molar-refractivity contribution in [1.82, 2.24) is 0 Å². The minimum Gasteiger partial charge on any atom is -0.378 e. The van der Waals surface area contributed by atoms with E-state index < -0.39 is 0 Å². The molecule has 0 spiro atoms. The molecule has 0 aliphatic carbocycles. The number of anilines is 1. The van der Waals surface area contributed by atoms with Crippen molar-refractivity contribution in [3.05, 3.63) is 77.9 Å². The van der Waals surface area contributed by atoms with E-state index >= 15 is 0 Å². The van der Waals surface area contributed by atoms with E-state index in [2.05, 4.69) is 85.9 Å². The second kappa shape index (κ2) is 6.01. The molecular weight excluding hydrogens is 254 g/mol. The molecule has 0 heterocycles. The number of hydrogen-bond acceptors (Lipinski definition) is 1. The molecule has 1 heteroatoms. The summed E-state index contributed by atoms with van der Waals surface area (Å²) in [5.41, 5.74) is 3.90. The summed E-state index contributed by atoms with van der Waals surface area (Å²) in [5.74, 6) is 0. The van der Waals surface area contributed by atoms with Crippen LogP contribution in [-0.2, 0) is 6.42 Å². The maximum atomic E-state index is 3.64. The fourth-order valence-electron chi connectivity index (χ4n) is 2.71. The first kappa shape index (κ1) is 13.7. The van der Waals surface area contributed by atoms with E-state index in [-0.39, 0.29) is 0 Å². The predicted molar refractivity (Wildman–Crippen MR) is 91.8 cm³/mol. The van der Waals surface area contributed by atoms with Gasteiger partial charge in [0, 0.05) is 17.1 Å². The minimum atomic E-state index is 0.293. The molecule has 3 aromatic rings. The Morgan fingerprint density at radius 2 is 1.57 bits per heavy atom. The van der Waals surface area contributed by atoms with Crippen LogP contribution >= 0.6 is 0 Å². The molecule has 21 heavy (non-hydrogen) atoms. The Labute approximate surface area is 126 Å². The summed E-state index contributed by atoms with van der Waals surface area (Å²) in [5, 5.41) is 6.19. The summed E-state index contributed by atoms with van der Waals surface area (Å²) in [6.07, 6.45) is 1.09. The minimum absolute atomic E-state index is 0.293. The van der Waals surface area contributed by atoms with Crippen LogP contribution in [0.5, 0.6) is 0 Å². The summed E-state index contributed by atoms with van der Waals surface area (Å²) < 4.78 is 0. The molecule has 1 unspecified atom stereocenters. The average Bonchev–Trinajstić information content (AvgIpc) is 2.55. The van der Waals surface area contributed by atoms with Crippen LogP contribution in [0.4, 0.5) is 5.69 Å². The molecule has 0 saturated heterocycles. The van der Waals surface area contributed by atoms with Crippen LogP contribution in [0.2, 0.25) is 0 Å². The topological polar surface area (TPSA) is 12.0 Å². The zero-order valence-corrected chi connectivity index (χ0v) is 12.6. The highest BCUT2D eigenvalue weighted by Crippen LogP contribution is 2.27. The van der Waals surface area contributed by atoms with Gasteiger partial charge in [-0.05, 0) is 35.9 Å². The van der Waals surface area contributed by atoms with Gasteiger partial charge in [-0.3, -0.25) is 0 Å². The van der Waals surface area contributed by atoms with Gasteiger partial charge in [-0.1, -0.05) is 67.6 Å². The summed E-state index contributed by atoms with van der Waals surface area (Å²) >= 11 is 0. The van der Waals surface area contributed by atoms with Crippen LogP contribution in [0.1, 0.15) is 31.0 Å². The predicted octanol–water partition coefficient (Wildman–Crippen LogP) is 5.58. The Bertz CT molecular complexity index is 723. The van der Waals surface area contributed by atoms with E-state index in [1.54, 1.807) is 0 Å². The van der Waals surface area contributed by atoms with Crippen LogP contribution < -0.4 is 5.32 Å². The van der Waals surface area contributed by atoms with Crippen LogP contribution in [0, 0.1) is 0 Å². The highest BCUT2D eigenvalue weighted by molar-refractivity contribution is 5.93. The molecule has 3 rings (SSSR count). The molecule has 1 atom stereocenters. The molecule has 0 saturated carbocycles. The monoisotopic (exact) mass is 275 g/mol. The highest BCUT2D eigenvalue weighted by atomic mass is 14.9. The fourth-order valence-corrected chi connectivity index (χ4v) is 2.71. The molecule has 1 nitrogen and oxygen atoms in total. The van der Waals surface area contributed by atoms with Crippen molar-refractivity contribution in [3.63, 3.8) is 0 Å². The van der Waals surface area contributed by atoms with E-state index in [1.807, 2.05) is 0 Å². The summed E-state index contributed by atoms with van der Waals surface area (Å²) in [4.78, 5) is 0. The second-order valence-corrected chi connectivity index (χ2v) is 5.49. The molecule has 0 aromatic heterocycles. The third-order valence-corrected chi connectivity index (χ3v) is 4.05. The van der Waals surface area contributed by atoms with Gasteiger partial charge < -0.3 is 5.32 Å². The van der Waals surface area contributed by atoms with Crippen LogP contribution in [0.3, 0.4) is 0 Å². The van der Waals surface area contributed by atoms with Crippen molar-refractivity contribution in [3.8, 4) is 0 Å². The smallest absolute Gasteiger partial charge is 0.0485 e. The Morgan fingerprint density at radius 3 is 2.33 bits per heavy atom. The molecule has 0 bridgehead atoms. The highest BCUT2D eigenvalue weighted by Gasteiger charge is 2.07. The number of aryl methyl sites for hydroxylation is 1. The lowest BCUT2D eigenvalue weighted by Gasteiger charge is -2.17. The first-order valence-electron chi connectivity index (χ1n) is 7.61. The fraction of sp³-hybridized carbons (Fsp3) is 0.200. The van der Waals surface area contributed by atoms with Crippen LogP contribution in [0.25, 0.3) is 10.8 Å². The lowest BCUT2D eigenvalue weighted by Crippen LogP contribution is -2.06. The van der Waals surface area contributed by atoms with Gasteiger partial charge in [-0.15, -0.1) is 0 Å². The molecule has 1 N–H and O–H groups in total. The molecule has 0 aliphatic rings. The van der Waals surface area contributed by atoms with Crippen molar-refractivity contribution in [2.45, 2.75) is 26.3 Å². The molecule has 106 valence electrons. The van der Waals surface area contributed by atoms with Gasteiger partial charge in [0.15, 0.2) is 0 Å². The van der Waals surface area contributed by atoms with E-state index in [0.717, 1.165) is 6.42 Å². The lowest BCUT2D eigenvalue weighted by molar-refractivity contribution is 0.885. The summed E-state index contributed by atoms with van der Waals surface area (Å²) in [7, 11) is 0. The van der Waals surface area contributed by atoms with Gasteiger partial charge in [0.25, 0.3) is 0 Å². The maximum Gasteiger partial charge on any atom is 0.0485 e. The zero-order chi connectivity index (χ0) is 14.7. The third kappa shape index (κ3) is 2.92. The summed E-state index contributed by atoms with van der Waals surface area (Å²) in [6, 6.07) is 24.1. The van der Waals surface area contributed by atoms with Gasteiger partial charge in [-0.25, -0.2) is 0 Å². The number of rotatable bonds is 4. The Hall–Kier alpha value is -2.28. The Kier molecular flexibility index (Phi) is 3.92. The molecule has 0 radical (unpaired) electrons. The van der Waals surface area contributed by atoms with Crippen molar-refractivity contribution in [2.24, 2.45) is 0 Å². The van der Waals surface area contributed by atoms with Crippen LogP contribution in [-0.4, -0.2) is 0 Å². The maximum absolute atomic E-state index is 3.64. The van der Waals surface area contributed by atoms with Gasteiger partial charge in [0.05, 0.1) is 0 Å². The van der Waals surface area contributed by atoms with Gasteiger partial charge >= 0.3 is 0 Å². The van der Waals surface area contributed by atoms with Gasteiger partial charge in [-0.2, -0.15) is 0 Å². The van der Waals surface area contributed by atoms with Crippen molar-refractivity contribution >= 4 is 16.5 Å². The second-order valence-electron chi connectivity index (χ2n) is 5.49. The van der Waals surface area contributed by atoms with Gasteiger partial charge in [0.2, 0.25) is 0 Å².